The van der Waals surface area contributed by atoms with Crippen LogP contribution in [0.15, 0.2) is 23.4 Å². The SMILES string of the molecule is [C-]#[N+]C1=C[C@]2(C)C3=CC(=O)[C@@H]4[C@@H]5CC(C)(C)CC[C@]5(S(C)=O)CC[C@@]4(C)[C@]3(C)CC[C@H]2C(C)(C)C1=O. The summed E-state index contributed by atoms with van der Waals surface area (Å²) in [6, 6.07) is 0. The number of fused-ring (bicyclic) bond motifs is 7. The summed E-state index contributed by atoms with van der Waals surface area (Å²) in [5.74, 6) is 0.183. The molecule has 0 spiro atoms. The van der Waals surface area contributed by atoms with Crippen LogP contribution in [-0.2, 0) is 20.4 Å². The van der Waals surface area contributed by atoms with Crippen LogP contribution in [0, 0.1) is 51.4 Å². The van der Waals surface area contributed by atoms with Gasteiger partial charge in [-0.1, -0.05) is 60.1 Å². The Morgan fingerprint density at radius 2 is 1.61 bits per heavy atom. The fraction of sp³-hybridized carbons (Fsp3) is 0.774. The van der Waals surface area contributed by atoms with Crippen molar-refractivity contribution in [3.05, 3.63) is 34.8 Å². The second kappa shape index (κ2) is 7.52. The summed E-state index contributed by atoms with van der Waals surface area (Å²) in [5, 5.41) is 0. The van der Waals surface area contributed by atoms with Crippen molar-refractivity contribution in [3.63, 3.8) is 0 Å². The van der Waals surface area contributed by atoms with Crippen molar-refractivity contribution < 1.29 is 13.8 Å². The lowest BCUT2D eigenvalue weighted by Crippen LogP contribution is -2.66. The molecular formula is C31H43NO3S. The highest BCUT2D eigenvalue weighted by Gasteiger charge is 2.70. The number of ketones is 2. The topological polar surface area (TPSA) is 55.6 Å². The van der Waals surface area contributed by atoms with Gasteiger partial charge in [0.15, 0.2) is 11.6 Å². The van der Waals surface area contributed by atoms with Gasteiger partial charge in [0.05, 0.1) is 6.57 Å². The molecule has 0 aromatic carbocycles. The van der Waals surface area contributed by atoms with E-state index in [9.17, 15) is 13.8 Å². The Morgan fingerprint density at radius 3 is 2.22 bits per heavy atom. The van der Waals surface area contributed by atoms with E-state index in [0.29, 0.717) is 0 Å². The summed E-state index contributed by atoms with van der Waals surface area (Å²) >= 11 is 0. The van der Waals surface area contributed by atoms with Crippen molar-refractivity contribution >= 4 is 22.4 Å². The maximum atomic E-state index is 14.3. The lowest BCUT2D eigenvalue weighted by atomic mass is 9.36. The van der Waals surface area contributed by atoms with Gasteiger partial charge in [0.2, 0.25) is 5.70 Å². The van der Waals surface area contributed by atoms with E-state index in [0.717, 1.165) is 50.5 Å². The zero-order valence-electron chi connectivity index (χ0n) is 23.4. The zero-order chi connectivity index (χ0) is 26.7. The number of Topliss-reactive ketones (excluding diaryl/α,β-unsaturated/α-hetero) is 1. The third-order valence-corrected chi connectivity index (χ3v) is 14.2. The summed E-state index contributed by atoms with van der Waals surface area (Å²) in [4.78, 5) is 31.2. The average molecular weight is 510 g/mol. The van der Waals surface area contributed by atoms with Crippen LogP contribution in [0.3, 0.4) is 0 Å². The smallest absolute Gasteiger partial charge is 0.226 e. The Kier molecular flexibility index (Phi) is 5.45. The lowest BCUT2D eigenvalue weighted by Gasteiger charge is -2.69. The standard InChI is InChI=1S/C31H43NO3S/c1-26(2)12-14-31(36(9)35)15-13-30(7)24(19(31)17-26)21(33)16-23-28(5)18-20(32-8)25(34)27(3,4)22(28)10-11-29(23,30)6/h16,18-19,22,24H,10-15,17H2,1-7,9H3/t19-,22-,24-,28-,29+,30+,31-,36?/m0/s1. The Bertz CT molecular complexity index is 1190. The highest BCUT2D eigenvalue weighted by atomic mass is 32.2. The number of carbonyl (C=O) groups excluding carboxylic acids is 2. The van der Waals surface area contributed by atoms with Gasteiger partial charge in [0.1, 0.15) is 0 Å². The third kappa shape index (κ3) is 3.00. The van der Waals surface area contributed by atoms with Crippen LogP contribution in [0.5, 0.6) is 0 Å². The van der Waals surface area contributed by atoms with Crippen LogP contribution in [0.2, 0.25) is 0 Å². The third-order valence-electron chi connectivity index (χ3n) is 12.3. The van der Waals surface area contributed by atoms with Crippen LogP contribution < -0.4 is 0 Å². The molecule has 4 nitrogen and oxygen atoms in total. The predicted octanol–water partition coefficient (Wildman–Crippen LogP) is 6.69. The van der Waals surface area contributed by atoms with E-state index in [4.69, 9.17) is 6.57 Å². The molecule has 0 aliphatic heterocycles. The second-order valence-corrected chi connectivity index (χ2v) is 16.5. The van der Waals surface area contributed by atoms with Crippen molar-refractivity contribution in [3.8, 4) is 0 Å². The van der Waals surface area contributed by atoms with Crippen LogP contribution in [0.4, 0.5) is 0 Å². The monoisotopic (exact) mass is 509 g/mol. The first-order chi connectivity index (χ1) is 16.5. The van der Waals surface area contributed by atoms with E-state index in [1.54, 1.807) is 0 Å². The molecule has 5 heteroatoms. The molecule has 5 aliphatic rings. The first kappa shape index (κ1) is 26.1. The quantitative estimate of drug-likeness (QED) is 0.370. The molecule has 5 aliphatic carbocycles. The summed E-state index contributed by atoms with van der Waals surface area (Å²) in [5.41, 5.74) is -0.0798. The van der Waals surface area contributed by atoms with Crippen molar-refractivity contribution in [1.29, 1.82) is 0 Å². The molecule has 8 atom stereocenters. The van der Waals surface area contributed by atoms with Gasteiger partial charge in [-0.05, 0) is 79.1 Å². The fourth-order valence-electron chi connectivity index (χ4n) is 10.1. The largest absolute Gasteiger partial charge is 0.307 e. The van der Waals surface area contributed by atoms with Gasteiger partial charge in [0.25, 0.3) is 0 Å². The molecule has 0 amide bonds. The first-order valence-electron chi connectivity index (χ1n) is 13.8. The number of hydrogen-bond donors (Lipinski definition) is 0. The molecule has 3 fully saturated rings. The number of carbonyl (C=O) groups is 2. The van der Waals surface area contributed by atoms with Gasteiger partial charge in [-0.25, -0.2) is 4.85 Å². The Balaban J connectivity index is 1.71. The number of rotatable bonds is 1. The minimum atomic E-state index is -0.983. The van der Waals surface area contributed by atoms with Gasteiger partial charge in [-0.15, -0.1) is 0 Å². The van der Waals surface area contributed by atoms with Crippen LogP contribution in [-0.4, -0.2) is 26.8 Å². The van der Waals surface area contributed by atoms with Crippen LogP contribution in [0.25, 0.3) is 4.85 Å². The Morgan fingerprint density at radius 1 is 0.972 bits per heavy atom. The van der Waals surface area contributed by atoms with Gasteiger partial charge in [0, 0.05) is 38.6 Å². The normalized spacial score (nSPS) is 47.7. The fourth-order valence-corrected chi connectivity index (χ4v) is 11.5. The number of nitrogens with zero attached hydrogens (tertiary/aromatic N) is 1. The highest BCUT2D eigenvalue weighted by Crippen LogP contribution is 2.73. The molecular weight excluding hydrogens is 466 g/mol. The van der Waals surface area contributed by atoms with Crippen molar-refractivity contribution in [1.82, 2.24) is 0 Å². The van der Waals surface area contributed by atoms with E-state index in [1.165, 1.54) is 0 Å². The lowest BCUT2D eigenvalue weighted by molar-refractivity contribution is -0.152. The van der Waals surface area contributed by atoms with Crippen molar-refractivity contribution in [2.75, 3.05) is 6.26 Å². The summed E-state index contributed by atoms with van der Waals surface area (Å²) in [6.45, 7) is 23.2. The van der Waals surface area contributed by atoms with Gasteiger partial charge >= 0.3 is 0 Å². The molecule has 3 saturated carbocycles. The maximum Gasteiger partial charge on any atom is 0.226 e. The molecule has 1 unspecified atom stereocenters. The molecule has 5 rings (SSSR count). The Labute approximate surface area is 220 Å². The average Bonchev–Trinajstić information content (AvgIpc) is 2.77. The van der Waals surface area contributed by atoms with Gasteiger partial charge < -0.3 is 4.79 Å². The minimum absolute atomic E-state index is 0.0623. The number of allylic oxidation sites excluding steroid dienone is 4. The maximum absolute atomic E-state index is 14.3. The zero-order valence-corrected chi connectivity index (χ0v) is 24.2. The minimum Gasteiger partial charge on any atom is -0.307 e. The van der Waals surface area contributed by atoms with E-state index >= 15 is 0 Å². The molecule has 0 heterocycles. The molecule has 0 radical (unpaired) electrons. The van der Waals surface area contributed by atoms with Crippen molar-refractivity contribution in [2.24, 2.45) is 44.8 Å². The summed E-state index contributed by atoms with van der Waals surface area (Å²) < 4.78 is 13.1. The van der Waals surface area contributed by atoms with E-state index in [-0.39, 0.29) is 56.0 Å². The molecule has 196 valence electrons. The molecule has 0 N–H and O–H groups in total. The molecule has 0 bridgehead atoms. The van der Waals surface area contributed by atoms with Gasteiger partial charge in [-0.3, -0.25) is 9.00 Å². The summed E-state index contributed by atoms with van der Waals surface area (Å²) in [7, 11) is -0.983. The highest BCUT2D eigenvalue weighted by molar-refractivity contribution is 7.85. The van der Waals surface area contributed by atoms with E-state index in [1.807, 2.05) is 32.3 Å². The molecule has 36 heavy (non-hydrogen) atoms. The molecule has 0 aromatic rings. The Hall–Kier alpha value is -1.54. The van der Waals surface area contributed by atoms with Gasteiger partial charge in [-0.2, -0.15) is 0 Å². The molecule has 0 saturated heterocycles. The molecule has 0 aromatic heterocycles. The summed E-state index contributed by atoms with van der Waals surface area (Å²) in [6.07, 6.45) is 12.3. The van der Waals surface area contributed by atoms with E-state index in [2.05, 4.69) is 39.5 Å². The van der Waals surface area contributed by atoms with E-state index < -0.39 is 21.6 Å². The van der Waals surface area contributed by atoms with Crippen LogP contribution in [0.1, 0.15) is 93.4 Å². The van der Waals surface area contributed by atoms with Crippen molar-refractivity contribution in [2.45, 2.75) is 98.2 Å². The first-order valence-corrected chi connectivity index (χ1v) is 15.3. The second-order valence-electron chi connectivity index (χ2n) is 14.7. The van der Waals surface area contributed by atoms with Crippen LogP contribution >= 0.6 is 0 Å². The predicted molar refractivity (Wildman–Crippen MR) is 144 cm³/mol. The number of hydrogen-bond acceptors (Lipinski definition) is 3.